The van der Waals surface area contributed by atoms with Crippen LogP contribution in [0.1, 0.15) is 96.8 Å². The predicted octanol–water partition coefficient (Wildman–Crippen LogP) is 8.02. The molecule has 2 N–H and O–H groups in total. The maximum atomic E-state index is 11.5. The van der Waals surface area contributed by atoms with E-state index in [0.717, 1.165) is 61.1 Å². The first-order chi connectivity index (χ1) is 19.2. The van der Waals surface area contributed by atoms with Gasteiger partial charge in [0.1, 0.15) is 0 Å². The van der Waals surface area contributed by atoms with Crippen molar-refractivity contribution in [3.8, 4) is 0 Å². The monoisotopic (exact) mass is 555 g/mol. The van der Waals surface area contributed by atoms with Crippen molar-refractivity contribution in [2.45, 2.75) is 82.5 Å². The van der Waals surface area contributed by atoms with Gasteiger partial charge in [-0.1, -0.05) is 60.7 Å². The second-order valence-electron chi connectivity index (χ2n) is 12.2. The van der Waals surface area contributed by atoms with Crippen molar-refractivity contribution in [2.24, 2.45) is 5.41 Å². The summed E-state index contributed by atoms with van der Waals surface area (Å²) >= 11 is 1.90. The Morgan fingerprint density at radius 1 is 1.05 bits per heavy atom. The van der Waals surface area contributed by atoms with E-state index >= 15 is 0 Å². The van der Waals surface area contributed by atoms with Gasteiger partial charge in [-0.05, 0) is 111 Å². The molecular weight excluding hydrogens is 514 g/mol. The molecule has 1 aromatic heterocycles. The topological polar surface area (TPSA) is 70.4 Å². The highest BCUT2D eigenvalue weighted by molar-refractivity contribution is 7.99. The van der Waals surface area contributed by atoms with Crippen LogP contribution in [0.4, 0.5) is 0 Å². The van der Waals surface area contributed by atoms with E-state index in [1.807, 2.05) is 43.8 Å². The number of carboxylic acid groups (broad SMARTS) is 1. The maximum Gasteiger partial charge on any atom is 0.303 e. The Labute approximate surface area is 243 Å². The molecule has 5 heteroatoms. The smallest absolute Gasteiger partial charge is 0.303 e. The van der Waals surface area contributed by atoms with E-state index in [1.165, 1.54) is 35.2 Å². The molecule has 0 saturated heterocycles. The highest BCUT2D eigenvalue weighted by Crippen LogP contribution is 2.53. The fourth-order valence-corrected chi connectivity index (χ4v) is 7.42. The van der Waals surface area contributed by atoms with Gasteiger partial charge in [-0.3, -0.25) is 9.78 Å². The van der Waals surface area contributed by atoms with Gasteiger partial charge in [0.25, 0.3) is 0 Å². The van der Waals surface area contributed by atoms with Crippen LogP contribution in [0.2, 0.25) is 0 Å². The first-order valence-corrected chi connectivity index (χ1v) is 15.7. The summed E-state index contributed by atoms with van der Waals surface area (Å²) < 4.78 is 0. The second kappa shape index (κ2) is 12.3. The van der Waals surface area contributed by atoms with Crippen LogP contribution < -0.4 is 0 Å². The molecule has 0 aliphatic heterocycles. The van der Waals surface area contributed by atoms with Gasteiger partial charge in [0.15, 0.2) is 0 Å². The molecule has 2 aliphatic carbocycles. The van der Waals surface area contributed by atoms with Crippen LogP contribution in [-0.2, 0) is 29.7 Å². The van der Waals surface area contributed by atoms with Crippen molar-refractivity contribution in [2.75, 3.05) is 5.75 Å². The lowest BCUT2D eigenvalue weighted by molar-refractivity contribution is -0.138. The van der Waals surface area contributed by atoms with Crippen LogP contribution in [0, 0.1) is 5.41 Å². The van der Waals surface area contributed by atoms with Crippen molar-refractivity contribution in [1.29, 1.82) is 0 Å². The van der Waals surface area contributed by atoms with Crippen molar-refractivity contribution in [3.05, 3.63) is 99.9 Å². The molecule has 1 atom stereocenters. The van der Waals surface area contributed by atoms with Gasteiger partial charge in [0, 0.05) is 16.7 Å². The molecule has 3 aromatic rings. The Hall–Kier alpha value is -2.89. The van der Waals surface area contributed by atoms with Crippen molar-refractivity contribution in [1.82, 2.24) is 4.98 Å². The van der Waals surface area contributed by atoms with E-state index in [9.17, 15) is 15.0 Å². The van der Waals surface area contributed by atoms with Gasteiger partial charge in [0.2, 0.25) is 0 Å². The summed E-state index contributed by atoms with van der Waals surface area (Å²) in [6.07, 6.45) is 13.0. The summed E-state index contributed by atoms with van der Waals surface area (Å²) in [6, 6.07) is 21.2. The van der Waals surface area contributed by atoms with E-state index in [4.69, 9.17) is 4.98 Å². The molecular formula is C35H41NO3S. The first-order valence-electron chi connectivity index (χ1n) is 14.6. The Bertz CT molecular complexity index is 1370. The molecule has 2 aromatic carbocycles. The van der Waals surface area contributed by atoms with Crippen LogP contribution in [0.15, 0.2) is 60.7 Å². The number of carboxylic acids is 1. The number of aromatic nitrogens is 1. The van der Waals surface area contributed by atoms with Crippen LogP contribution in [0.5, 0.6) is 0 Å². The van der Waals surface area contributed by atoms with E-state index in [2.05, 4.69) is 54.6 Å². The summed E-state index contributed by atoms with van der Waals surface area (Å²) in [4.78, 5) is 16.4. The fraction of sp³-hybridized carbons (Fsp3) is 0.429. The highest BCUT2D eigenvalue weighted by atomic mass is 32.2. The summed E-state index contributed by atoms with van der Waals surface area (Å²) in [5.41, 5.74) is 7.24. The summed E-state index contributed by atoms with van der Waals surface area (Å²) in [5.74, 6) is 0.160. The second-order valence-corrected chi connectivity index (χ2v) is 13.4. The molecule has 1 heterocycles. The van der Waals surface area contributed by atoms with Crippen molar-refractivity contribution < 1.29 is 15.0 Å². The number of pyridine rings is 1. The fourth-order valence-electron chi connectivity index (χ4n) is 5.85. The van der Waals surface area contributed by atoms with Crippen molar-refractivity contribution in [3.63, 3.8) is 0 Å². The lowest BCUT2D eigenvalue weighted by Crippen LogP contribution is -2.18. The van der Waals surface area contributed by atoms with Crippen molar-refractivity contribution >= 4 is 29.9 Å². The molecule has 0 spiro atoms. The molecule has 0 amide bonds. The molecule has 4 nitrogen and oxygen atoms in total. The van der Waals surface area contributed by atoms with Gasteiger partial charge in [-0.25, -0.2) is 0 Å². The molecule has 0 radical (unpaired) electrons. The zero-order chi connectivity index (χ0) is 28.2. The number of rotatable bonds is 12. The van der Waals surface area contributed by atoms with E-state index in [1.54, 1.807) is 0 Å². The van der Waals surface area contributed by atoms with Crippen LogP contribution >= 0.6 is 11.8 Å². The van der Waals surface area contributed by atoms with Crippen LogP contribution in [0.3, 0.4) is 0 Å². The number of benzene rings is 2. The van der Waals surface area contributed by atoms with Gasteiger partial charge >= 0.3 is 5.97 Å². The normalized spacial score (nSPS) is 17.0. The van der Waals surface area contributed by atoms with Gasteiger partial charge in [-0.2, -0.15) is 11.8 Å². The van der Waals surface area contributed by atoms with E-state index < -0.39 is 11.6 Å². The zero-order valence-corrected chi connectivity index (χ0v) is 24.6. The third kappa shape index (κ3) is 7.44. The Morgan fingerprint density at radius 2 is 1.85 bits per heavy atom. The number of aliphatic carboxylic acids is 1. The Kier molecular flexibility index (Phi) is 8.82. The molecule has 1 unspecified atom stereocenters. The summed E-state index contributed by atoms with van der Waals surface area (Å²) in [7, 11) is 0. The van der Waals surface area contributed by atoms with Crippen LogP contribution in [-0.4, -0.2) is 26.9 Å². The number of hydrogen-bond donors (Lipinski definition) is 2. The average molecular weight is 556 g/mol. The standard InChI is InChI=1S/C35H41NO3S/c1-34(2,39)30-12-5-3-9-26(30)16-19-32(40-24-35(20-21-35)23-33(37)38)28-11-7-8-25(22-28)14-17-29-18-15-27-10-4-6-13-31(27)36-29/h3,5,7-9,11-12,14-15,17-18,22,32,39H,4,6,10,13,16,19-21,23-24H2,1-2H3,(H,37,38)/b17-14+. The van der Waals surface area contributed by atoms with Gasteiger partial charge in [0.05, 0.1) is 17.7 Å². The SMILES string of the molecule is CC(C)(O)c1ccccc1CCC(SCC1(CC(=O)O)CC1)c1cccc(/C=C/c2ccc3c(n2)CCCC3)c1. The van der Waals surface area contributed by atoms with E-state index in [-0.39, 0.29) is 17.1 Å². The number of nitrogens with zero attached hydrogens (tertiary/aromatic N) is 1. The number of carbonyl (C=O) groups is 1. The lowest BCUT2D eigenvalue weighted by atomic mass is 9.90. The molecule has 1 saturated carbocycles. The molecule has 0 bridgehead atoms. The third-order valence-electron chi connectivity index (χ3n) is 8.36. The highest BCUT2D eigenvalue weighted by Gasteiger charge is 2.44. The number of hydrogen-bond acceptors (Lipinski definition) is 4. The predicted molar refractivity (Wildman–Crippen MR) is 165 cm³/mol. The number of aliphatic hydroxyl groups is 1. The molecule has 210 valence electrons. The number of thioether (sulfide) groups is 1. The molecule has 1 fully saturated rings. The average Bonchev–Trinajstić information content (AvgIpc) is 3.70. The molecule has 40 heavy (non-hydrogen) atoms. The first kappa shape index (κ1) is 28.6. The van der Waals surface area contributed by atoms with E-state index in [0.29, 0.717) is 0 Å². The minimum absolute atomic E-state index is 0.0601. The minimum Gasteiger partial charge on any atom is -0.481 e. The number of fused-ring (bicyclic) bond motifs is 1. The third-order valence-corrected chi connectivity index (χ3v) is 10.0. The molecule has 5 rings (SSSR count). The quantitative estimate of drug-likeness (QED) is 0.237. The largest absolute Gasteiger partial charge is 0.481 e. The lowest BCUT2D eigenvalue weighted by Gasteiger charge is -2.24. The Morgan fingerprint density at radius 3 is 2.62 bits per heavy atom. The minimum atomic E-state index is -0.895. The Balaban J connectivity index is 1.35. The summed E-state index contributed by atoms with van der Waals surface area (Å²) in [6.45, 7) is 3.68. The van der Waals surface area contributed by atoms with Gasteiger partial charge < -0.3 is 10.2 Å². The molecule has 2 aliphatic rings. The van der Waals surface area contributed by atoms with Gasteiger partial charge in [-0.15, -0.1) is 0 Å². The zero-order valence-electron chi connectivity index (χ0n) is 23.7. The maximum absolute atomic E-state index is 11.5. The summed E-state index contributed by atoms with van der Waals surface area (Å²) in [5, 5.41) is 20.4. The van der Waals surface area contributed by atoms with Crippen LogP contribution in [0.25, 0.3) is 12.2 Å². The number of aryl methyl sites for hydroxylation is 3.